The van der Waals surface area contributed by atoms with Crippen molar-refractivity contribution in [1.29, 1.82) is 0 Å². The second-order valence-corrected chi connectivity index (χ2v) is 6.05. The highest BCUT2D eigenvalue weighted by Crippen LogP contribution is 2.18. The molecule has 0 radical (unpaired) electrons. The molecule has 1 heterocycles. The van der Waals surface area contributed by atoms with E-state index in [1.807, 2.05) is 30.3 Å². The predicted octanol–water partition coefficient (Wildman–Crippen LogP) is 4.56. The van der Waals surface area contributed by atoms with E-state index in [0.717, 1.165) is 29.5 Å². The number of nitrogens with one attached hydrogen (secondary N) is 2. The first-order chi connectivity index (χ1) is 11.2. The Morgan fingerprint density at radius 3 is 2.57 bits per heavy atom. The largest absolute Gasteiger partial charge is 0.369 e. The molecule has 3 nitrogen and oxygen atoms in total. The van der Waals surface area contributed by atoms with Gasteiger partial charge in [0.05, 0.1) is 5.69 Å². The van der Waals surface area contributed by atoms with Crippen LogP contribution in [0, 0.1) is 0 Å². The highest BCUT2D eigenvalue weighted by atomic mass is 35.5. The number of allylic oxidation sites excluding steroid dienone is 1. The van der Waals surface area contributed by atoms with Crippen LogP contribution >= 0.6 is 11.6 Å². The minimum Gasteiger partial charge on any atom is -0.369 e. The molecule has 0 spiro atoms. The van der Waals surface area contributed by atoms with Crippen molar-refractivity contribution in [2.45, 2.75) is 13.5 Å². The molecule has 1 aliphatic rings. The minimum atomic E-state index is 0.737. The lowest BCUT2D eigenvalue weighted by Crippen LogP contribution is -2.22. The molecule has 1 aliphatic heterocycles. The van der Waals surface area contributed by atoms with Gasteiger partial charge in [0.15, 0.2) is 0 Å². The molecule has 0 saturated carbocycles. The van der Waals surface area contributed by atoms with Crippen molar-refractivity contribution in [3.05, 3.63) is 88.7 Å². The maximum absolute atomic E-state index is 5.89. The fraction of sp³-hybridized carbons (Fsp3) is 0.158. The third-order valence-electron chi connectivity index (χ3n) is 3.81. The number of benzene rings is 2. The topological polar surface area (TPSA) is 27.3 Å². The van der Waals surface area contributed by atoms with Crippen molar-refractivity contribution in [1.82, 2.24) is 10.3 Å². The molecule has 0 aliphatic carbocycles. The second-order valence-electron chi connectivity index (χ2n) is 5.61. The maximum atomic E-state index is 5.89. The Morgan fingerprint density at radius 2 is 1.83 bits per heavy atom. The zero-order chi connectivity index (χ0) is 16.1. The van der Waals surface area contributed by atoms with Crippen LogP contribution in [0.25, 0.3) is 0 Å². The number of anilines is 1. The summed E-state index contributed by atoms with van der Waals surface area (Å²) in [6, 6.07) is 18.1. The predicted molar refractivity (Wildman–Crippen MR) is 96.9 cm³/mol. The smallest absolute Gasteiger partial charge is 0.0540 e. The molecule has 0 fully saturated rings. The van der Waals surface area contributed by atoms with E-state index in [1.54, 1.807) is 0 Å². The third-order valence-corrected chi connectivity index (χ3v) is 4.06. The van der Waals surface area contributed by atoms with Crippen molar-refractivity contribution in [3.8, 4) is 0 Å². The zero-order valence-electron chi connectivity index (χ0n) is 13.1. The summed E-state index contributed by atoms with van der Waals surface area (Å²) in [5, 5.41) is 0.737. The van der Waals surface area contributed by atoms with Crippen LogP contribution in [0.5, 0.6) is 0 Å². The monoisotopic (exact) mass is 325 g/mol. The van der Waals surface area contributed by atoms with Crippen LogP contribution in [-0.2, 0) is 6.54 Å². The SMILES string of the molecule is CC(NNc1ccc(Cl)cc1)=C1C=CN(Cc2ccccc2)C1. The molecule has 0 amide bonds. The van der Waals surface area contributed by atoms with E-state index < -0.39 is 0 Å². The highest BCUT2D eigenvalue weighted by molar-refractivity contribution is 6.30. The first kappa shape index (κ1) is 15.5. The normalized spacial score (nSPS) is 15.7. The summed E-state index contributed by atoms with van der Waals surface area (Å²) in [5.41, 5.74) is 11.2. The molecule has 118 valence electrons. The van der Waals surface area contributed by atoms with Gasteiger partial charge in [-0.15, -0.1) is 0 Å². The van der Waals surface area contributed by atoms with Crippen molar-refractivity contribution >= 4 is 17.3 Å². The average Bonchev–Trinajstić information content (AvgIpc) is 3.03. The Balaban J connectivity index is 1.55. The standard InChI is InChI=1S/C19H20ClN3/c1-15(21-22-19-9-7-18(20)8-10-19)17-11-12-23(14-17)13-16-5-3-2-4-6-16/h2-12,21-22H,13-14H2,1H3. The number of nitrogens with zero attached hydrogens (tertiary/aromatic N) is 1. The molecule has 2 aromatic rings. The third kappa shape index (κ3) is 4.30. The molecule has 0 saturated heterocycles. The molecule has 3 rings (SSSR count). The summed E-state index contributed by atoms with van der Waals surface area (Å²) in [6.07, 6.45) is 4.31. The van der Waals surface area contributed by atoms with E-state index >= 15 is 0 Å². The Labute approximate surface area is 142 Å². The van der Waals surface area contributed by atoms with E-state index in [2.05, 4.69) is 59.2 Å². The van der Waals surface area contributed by atoms with E-state index in [-0.39, 0.29) is 0 Å². The number of hydrogen-bond donors (Lipinski definition) is 2. The molecule has 23 heavy (non-hydrogen) atoms. The summed E-state index contributed by atoms with van der Waals surface area (Å²) in [7, 11) is 0. The van der Waals surface area contributed by atoms with Crippen molar-refractivity contribution in [2.75, 3.05) is 12.0 Å². The van der Waals surface area contributed by atoms with Crippen LogP contribution in [0.1, 0.15) is 12.5 Å². The lowest BCUT2D eigenvalue weighted by atomic mass is 10.2. The molecule has 2 N–H and O–H groups in total. The fourth-order valence-corrected chi connectivity index (χ4v) is 2.60. The van der Waals surface area contributed by atoms with Gasteiger partial charge in [-0.25, -0.2) is 0 Å². The van der Waals surface area contributed by atoms with Gasteiger partial charge < -0.3 is 15.8 Å². The first-order valence-electron chi connectivity index (χ1n) is 7.64. The zero-order valence-corrected chi connectivity index (χ0v) is 13.8. The van der Waals surface area contributed by atoms with Crippen LogP contribution < -0.4 is 10.9 Å². The van der Waals surface area contributed by atoms with Gasteiger partial charge in [0.25, 0.3) is 0 Å². The van der Waals surface area contributed by atoms with Crippen molar-refractivity contribution < 1.29 is 0 Å². The lowest BCUT2D eigenvalue weighted by Gasteiger charge is -2.17. The maximum Gasteiger partial charge on any atom is 0.0540 e. The van der Waals surface area contributed by atoms with Gasteiger partial charge in [-0.2, -0.15) is 0 Å². The van der Waals surface area contributed by atoms with Crippen LogP contribution in [0.4, 0.5) is 5.69 Å². The summed E-state index contributed by atoms with van der Waals surface area (Å²) >= 11 is 5.89. The molecule has 0 bridgehead atoms. The number of hydrogen-bond acceptors (Lipinski definition) is 3. The van der Waals surface area contributed by atoms with Crippen molar-refractivity contribution in [3.63, 3.8) is 0 Å². The Bertz CT molecular complexity index is 705. The molecule has 0 aromatic heterocycles. The van der Waals surface area contributed by atoms with Gasteiger partial charge in [0.2, 0.25) is 0 Å². The summed E-state index contributed by atoms with van der Waals surface area (Å²) < 4.78 is 0. The quantitative estimate of drug-likeness (QED) is 0.789. The van der Waals surface area contributed by atoms with Crippen LogP contribution in [0.2, 0.25) is 5.02 Å². The lowest BCUT2D eigenvalue weighted by molar-refractivity contribution is 0.418. The van der Waals surface area contributed by atoms with E-state index in [9.17, 15) is 0 Å². The molecule has 4 heteroatoms. The van der Waals surface area contributed by atoms with E-state index in [4.69, 9.17) is 11.6 Å². The number of hydrazine groups is 1. The fourth-order valence-electron chi connectivity index (χ4n) is 2.47. The minimum absolute atomic E-state index is 0.737. The number of halogens is 1. The van der Waals surface area contributed by atoms with E-state index in [0.29, 0.717) is 0 Å². The van der Waals surface area contributed by atoms with Crippen LogP contribution in [0.3, 0.4) is 0 Å². The average molecular weight is 326 g/mol. The van der Waals surface area contributed by atoms with Gasteiger partial charge in [0.1, 0.15) is 0 Å². The second kappa shape index (κ2) is 7.25. The van der Waals surface area contributed by atoms with Gasteiger partial charge in [0, 0.05) is 30.0 Å². The summed E-state index contributed by atoms with van der Waals surface area (Å²) in [5.74, 6) is 0. The summed E-state index contributed by atoms with van der Waals surface area (Å²) in [4.78, 5) is 2.30. The molecule has 2 aromatic carbocycles. The first-order valence-corrected chi connectivity index (χ1v) is 8.02. The molecule has 0 atom stereocenters. The Morgan fingerprint density at radius 1 is 1.09 bits per heavy atom. The number of rotatable bonds is 5. The van der Waals surface area contributed by atoms with Crippen LogP contribution in [-0.4, -0.2) is 11.4 Å². The molecular weight excluding hydrogens is 306 g/mol. The Hall–Kier alpha value is -2.39. The van der Waals surface area contributed by atoms with Gasteiger partial charge in [-0.3, -0.25) is 0 Å². The van der Waals surface area contributed by atoms with E-state index in [1.165, 1.54) is 11.1 Å². The van der Waals surface area contributed by atoms with Gasteiger partial charge >= 0.3 is 0 Å². The molecule has 0 unspecified atom stereocenters. The van der Waals surface area contributed by atoms with Crippen molar-refractivity contribution in [2.24, 2.45) is 0 Å². The Kier molecular flexibility index (Phi) is 4.89. The van der Waals surface area contributed by atoms with Gasteiger partial charge in [-0.1, -0.05) is 41.9 Å². The summed E-state index contributed by atoms with van der Waals surface area (Å²) in [6.45, 7) is 3.92. The van der Waals surface area contributed by atoms with Crippen LogP contribution in [0.15, 0.2) is 78.1 Å². The van der Waals surface area contributed by atoms with Gasteiger partial charge in [-0.05, 0) is 48.4 Å². The molecular formula is C19H20ClN3. The highest BCUT2D eigenvalue weighted by Gasteiger charge is 2.12.